The van der Waals surface area contributed by atoms with Gasteiger partial charge in [-0.3, -0.25) is 0 Å². The number of ether oxygens (including phenoxy) is 1. The second-order valence-corrected chi connectivity index (χ2v) is 5.31. The van der Waals surface area contributed by atoms with Crippen molar-refractivity contribution in [2.45, 2.75) is 32.4 Å². The topological polar surface area (TPSA) is 33.0 Å². The number of nitrogens with zero attached hydrogens (tertiary/aromatic N) is 1. The van der Waals surface area contributed by atoms with E-state index >= 15 is 0 Å². The van der Waals surface area contributed by atoms with E-state index in [-0.39, 0.29) is 5.41 Å². The highest BCUT2D eigenvalue weighted by Crippen LogP contribution is 2.27. The Labute approximate surface area is 110 Å². The van der Waals surface area contributed by atoms with Gasteiger partial charge in [-0.05, 0) is 23.1 Å². The van der Waals surface area contributed by atoms with Crippen LogP contribution in [0.5, 0.6) is 5.75 Å². The molecule has 19 heavy (non-hydrogen) atoms. The average molecular weight is 271 g/mol. The van der Waals surface area contributed by atoms with Gasteiger partial charge in [0, 0.05) is 0 Å². The fourth-order valence-corrected chi connectivity index (χ4v) is 1.44. The molecule has 0 amide bonds. The van der Waals surface area contributed by atoms with E-state index in [0.717, 1.165) is 5.56 Å². The van der Waals surface area contributed by atoms with Gasteiger partial charge < -0.3 is 4.74 Å². The van der Waals surface area contributed by atoms with Crippen LogP contribution >= 0.6 is 0 Å². The van der Waals surface area contributed by atoms with E-state index in [9.17, 15) is 13.2 Å². The first-order valence-corrected chi connectivity index (χ1v) is 5.84. The molecule has 5 heteroatoms. The van der Waals surface area contributed by atoms with Crippen LogP contribution in [0.25, 0.3) is 0 Å². The predicted octanol–water partition coefficient (Wildman–Crippen LogP) is 4.06. The average Bonchev–Trinajstić information content (AvgIpc) is 2.27. The number of hydrogen-bond acceptors (Lipinski definition) is 2. The Hall–Kier alpha value is -1.70. The molecule has 0 N–H and O–H groups in total. The summed E-state index contributed by atoms with van der Waals surface area (Å²) >= 11 is 0. The van der Waals surface area contributed by atoms with Crippen LogP contribution in [0.15, 0.2) is 24.3 Å². The Morgan fingerprint density at radius 1 is 1.16 bits per heavy atom. The number of halogens is 3. The maximum Gasteiger partial charge on any atom is 0.407 e. The van der Waals surface area contributed by atoms with Crippen LogP contribution in [0.3, 0.4) is 0 Å². The van der Waals surface area contributed by atoms with Crippen LogP contribution < -0.4 is 4.74 Å². The predicted molar refractivity (Wildman–Crippen MR) is 65.8 cm³/mol. The first kappa shape index (κ1) is 15.4. The van der Waals surface area contributed by atoms with E-state index < -0.39 is 18.7 Å². The van der Waals surface area contributed by atoms with Crippen molar-refractivity contribution in [3.05, 3.63) is 29.8 Å². The van der Waals surface area contributed by atoms with Crippen LogP contribution in [0, 0.1) is 17.2 Å². The van der Waals surface area contributed by atoms with E-state index in [1.165, 1.54) is 6.07 Å². The molecule has 0 fully saturated rings. The largest absolute Gasteiger partial charge is 0.492 e. The van der Waals surface area contributed by atoms with Crippen LogP contribution in [0.1, 0.15) is 26.3 Å². The second kappa shape index (κ2) is 5.52. The molecule has 104 valence electrons. The van der Waals surface area contributed by atoms with E-state index in [1.54, 1.807) is 12.1 Å². The summed E-state index contributed by atoms with van der Waals surface area (Å²) in [6.07, 6.45) is -4.56. The molecule has 0 saturated heterocycles. The van der Waals surface area contributed by atoms with Gasteiger partial charge in [0.15, 0.2) is 5.92 Å². The van der Waals surface area contributed by atoms with Crippen molar-refractivity contribution in [3.63, 3.8) is 0 Å². The third-order valence-corrected chi connectivity index (χ3v) is 2.69. The zero-order valence-electron chi connectivity index (χ0n) is 11.1. The summed E-state index contributed by atoms with van der Waals surface area (Å²) in [6, 6.07) is 8.05. The second-order valence-electron chi connectivity index (χ2n) is 5.31. The number of rotatable bonds is 3. The normalized spacial score (nSPS) is 13.7. The molecular formula is C14H16F3NO. The minimum atomic E-state index is -4.56. The Balaban J connectivity index is 2.67. The highest BCUT2D eigenvalue weighted by atomic mass is 19.4. The van der Waals surface area contributed by atoms with Gasteiger partial charge in [-0.1, -0.05) is 32.9 Å². The Bertz CT molecular complexity index is 452. The van der Waals surface area contributed by atoms with E-state index in [1.807, 2.05) is 32.9 Å². The summed E-state index contributed by atoms with van der Waals surface area (Å²) in [5.74, 6) is -1.77. The van der Waals surface area contributed by atoms with Gasteiger partial charge >= 0.3 is 6.18 Å². The van der Waals surface area contributed by atoms with Crippen LogP contribution in [0.4, 0.5) is 13.2 Å². The van der Waals surface area contributed by atoms with Gasteiger partial charge in [0.1, 0.15) is 12.4 Å². The molecule has 0 aliphatic heterocycles. The third-order valence-electron chi connectivity index (χ3n) is 2.69. The summed E-state index contributed by atoms with van der Waals surface area (Å²) in [5, 5.41) is 8.44. The highest BCUT2D eigenvalue weighted by Gasteiger charge is 2.40. The molecular weight excluding hydrogens is 255 g/mol. The summed E-state index contributed by atoms with van der Waals surface area (Å²) in [4.78, 5) is 0. The molecule has 1 unspecified atom stereocenters. The van der Waals surface area contributed by atoms with Crippen LogP contribution in [0.2, 0.25) is 0 Å². The monoisotopic (exact) mass is 271 g/mol. The molecule has 0 bridgehead atoms. The van der Waals surface area contributed by atoms with Crippen LogP contribution in [-0.4, -0.2) is 12.8 Å². The molecule has 1 aromatic rings. The molecule has 1 rings (SSSR count). The van der Waals surface area contributed by atoms with E-state index in [0.29, 0.717) is 5.75 Å². The summed E-state index contributed by atoms with van der Waals surface area (Å²) in [7, 11) is 0. The van der Waals surface area contributed by atoms with Crippen molar-refractivity contribution in [1.29, 1.82) is 5.26 Å². The maximum atomic E-state index is 12.3. The molecule has 1 aromatic carbocycles. The van der Waals surface area contributed by atoms with Crippen molar-refractivity contribution in [1.82, 2.24) is 0 Å². The minimum Gasteiger partial charge on any atom is -0.492 e. The van der Waals surface area contributed by atoms with Crippen molar-refractivity contribution < 1.29 is 17.9 Å². The zero-order chi connectivity index (χ0) is 14.7. The molecule has 0 aliphatic rings. The van der Waals surface area contributed by atoms with Gasteiger partial charge in [0.2, 0.25) is 0 Å². The summed E-state index contributed by atoms with van der Waals surface area (Å²) in [5.41, 5.74) is 1.03. The first-order chi connectivity index (χ1) is 8.64. The van der Waals surface area contributed by atoms with Crippen molar-refractivity contribution in [3.8, 4) is 11.8 Å². The van der Waals surface area contributed by atoms with Gasteiger partial charge in [0.05, 0.1) is 6.07 Å². The van der Waals surface area contributed by atoms with Gasteiger partial charge in [0.25, 0.3) is 0 Å². The standard InChI is InChI=1S/C14H16F3NO/c1-13(2,3)10-4-6-12(7-5-10)19-9-11(8-18)14(15,16)17/h4-7,11H,9H2,1-3H3. The number of benzene rings is 1. The SMILES string of the molecule is CC(C)(C)c1ccc(OCC(C#N)C(F)(F)F)cc1. The fourth-order valence-electron chi connectivity index (χ4n) is 1.44. The molecule has 2 nitrogen and oxygen atoms in total. The van der Waals surface area contributed by atoms with Gasteiger partial charge in [-0.25, -0.2) is 0 Å². The Morgan fingerprint density at radius 3 is 2.05 bits per heavy atom. The highest BCUT2D eigenvalue weighted by molar-refractivity contribution is 5.31. The third kappa shape index (κ3) is 4.47. The van der Waals surface area contributed by atoms with Crippen molar-refractivity contribution >= 4 is 0 Å². The fraction of sp³-hybridized carbons (Fsp3) is 0.500. The number of nitriles is 1. The van der Waals surface area contributed by atoms with Gasteiger partial charge in [-0.15, -0.1) is 0 Å². The van der Waals surface area contributed by atoms with Crippen molar-refractivity contribution in [2.75, 3.05) is 6.61 Å². The molecule has 0 saturated carbocycles. The lowest BCUT2D eigenvalue weighted by Gasteiger charge is -2.19. The smallest absolute Gasteiger partial charge is 0.407 e. The number of hydrogen-bond donors (Lipinski definition) is 0. The minimum absolute atomic E-state index is 0.0281. The quantitative estimate of drug-likeness (QED) is 0.830. The first-order valence-electron chi connectivity index (χ1n) is 5.84. The summed E-state index contributed by atoms with van der Waals surface area (Å²) in [6.45, 7) is 5.43. The molecule has 0 spiro atoms. The van der Waals surface area contributed by atoms with Gasteiger partial charge in [-0.2, -0.15) is 18.4 Å². The lowest BCUT2D eigenvalue weighted by atomic mass is 9.87. The molecule has 0 aromatic heterocycles. The van der Waals surface area contributed by atoms with E-state index in [4.69, 9.17) is 10.00 Å². The Kier molecular flexibility index (Phi) is 4.46. The Morgan fingerprint density at radius 2 is 1.68 bits per heavy atom. The van der Waals surface area contributed by atoms with E-state index in [2.05, 4.69) is 0 Å². The number of alkyl halides is 3. The molecule has 0 heterocycles. The molecule has 0 aliphatic carbocycles. The molecule has 1 atom stereocenters. The summed E-state index contributed by atoms with van der Waals surface area (Å²) < 4.78 is 42.0. The van der Waals surface area contributed by atoms with Crippen molar-refractivity contribution in [2.24, 2.45) is 5.92 Å². The molecule has 0 radical (unpaired) electrons. The van der Waals surface area contributed by atoms with Crippen LogP contribution in [-0.2, 0) is 5.41 Å². The zero-order valence-corrected chi connectivity index (χ0v) is 11.1. The lowest BCUT2D eigenvalue weighted by Crippen LogP contribution is -2.27. The maximum absolute atomic E-state index is 12.3. The lowest BCUT2D eigenvalue weighted by molar-refractivity contribution is -0.165.